The minimum Gasteiger partial charge on any atom is -0.393 e. The molecule has 10 aliphatic rings. The summed E-state index contributed by atoms with van der Waals surface area (Å²) in [6.45, 7) is 55.0. The van der Waals surface area contributed by atoms with Gasteiger partial charge in [0, 0.05) is 64.2 Å². The van der Waals surface area contributed by atoms with E-state index in [1.54, 1.807) is 0 Å². The number of alkyl halides is 4. The molecule has 2 heterocycles. The van der Waals surface area contributed by atoms with Gasteiger partial charge in [-0.25, -0.2) is 17.6 Å². The second kappa shape index (κ2) is 97.9. The van der Waals surface area contributed by atoms with E-state index in [2.05, 4.69) is 27.7 Å². The van der Waals surface area contributed by atoms with Crippen LogP contribution in [0.1, 0.15) is 449 Å². The van der Waals surface area contributed by atoms with Crippen molar-refractivity contribution in [3.63, 3.8) is 0 Å². The molecule has 10 fully saturated rings. The number of halogens is 4. The van der Waals surface area contributed by atoms with Crippen molar-refractivity contribution in [2.24, 2.45) is 41.1 Å². The van der Waals surface area contributed by atoms with E-state index >= 15 is 0 Å². The lowest BCUT2D eigenvalue weighted by Crippen LogP contribution is -2.26. The molecule has 10 rings (SSSR count). The van der Waals surface area contributed by atoms with Crippen LogP contribution < -0.4 is 11.5 Å². The summed E-state index contributed by atoms with van der Waals surface area (Å²) >= 11 is 0. The second-order valence-electron chi connectivity index (χ2n) is 25.0. The van der Waals surface area contributed by atoms with Crippen LogP contribution in [0.25, 0.3) is 0 Å². The topological polar surface area (TPSA) is 111 Å². The van der Waals surface area contributed by atoms with Crippen molar-refractivity contribution in [2.75, 3.05) is 26.4 Å². The van der Waals surface area contributed by atoms with Crippen molar-refractivity contribution in [1.29, 1.82) is 0 Å². The Balaban J connectivity index is -0.0000000999. The Morgan fingerprint density at radius 1 is 0.269 bits per heavy atom. The van der Waals surface area contributed by atoms with Gasteiger partial charge in [0.15, 0.2) is 0 Å². The first-order chi connectivity index (χ1) is 45.0. The molecule has 6 unspecified atom stereocenters. The maximum absolute atomic E-state index is 12.5. The molecule has 2 aliphatic heterocycles. The predicted molar refractivity (Wildman–Crippen MR) is 417 cm³/mol. The summed E-state index contributed by atoms with van der Waals surface area (Å²) in [5.74, 6) is -0.940. The standard InChI is InChI=1S/C7H12F2.C7H15N.C7H14O.C7H14.C6H10F2.C6H13N.2C6H12O.C6H12.C5H10O.10C2H6/c1-6-3-2-4-7(8,9)5-6;2*1-6-3-2-4-7(8)5-6;1-7-5-3-2-4-6-7;7-6(8)4-2-1-3-5-6;7-6-4-2-1-3-5-6;1-6-3-2-4-7-5-6;7-6-4-2-1-3-5-6;2*1-2-4-6-5-3-1;10*1-2/h6H,2-5H2,1H3;6-7H,2-5,8H2,1H3;6-8H,2-5H2,1H3;7H,2-6H2,1H3;1-5H2;6H,1-5,7H2;6H,2-5H2,1H3;6-7H,1-5H2;1-6H2;1-5H2;10*1-2H3. The minimum atomic E-state index is -2.35. The Kier molecular flexibility index (Phi) is 120. The van der Waals surface area contributed by atoms with Gasteiger partial charge in [0.2, 0.25) is 11.8 Å². The van der Waals surface area contributed by atoms with Crippen LogP contribution in [0, 0.1) is 29.6 Å². The van der Waals surface area contributed by atoms with Crippen LogP contribution in [0.5, 0.6) is 0 Å². The summed E-state index contributed by atoms with van der Waals surface area (Å²) in [4.78, 5) is 0. The van der Waals surface area contributed by atoms with Crippen LogP contribution >= 0.6 is 0 Å². The molecule has 0 aromatic carbocycles. The zero-order valence-corrected chi connectivity index (χ0v) is 68.8. The van der Waals surface area contributed by atoms with Gasteiger partial charge in [-0.05, 0) is 132 Å². The monoisotopic (exact) mass is 1350 g/mol. The SMILES string of the molecule is C1CCCCC1.C1CCOCC1.CC.CC.CC.CC.CC.CC.CC.CC.CC.CC.CC1CCCC(F)(F)C1.CC1CCCC(N)C1.CC1CCCC(O)C1.CC1CCCCC1.CC1CCCOC1.FC1(F)CCCCC1.NC1CCCCC1.OC1CCCCC1. The van der Waals surface area contributed by atoms with E-state index in [-0.39, 0.29) is 43.8 Å². The molecule has 0 aromatic heterocycles. The second-order valence-corrected chi connectivity index (χ2v) is 25.0. The molecular formula is C83H184F4N2O4. The summed E-state index contributed by atoms with van der Waals surface area (Å²) in [6, 6.07) is 1.05. The van der Waals surface area contributed by atoms with Gasteiger partial charge in [0.25, 0.3) is 0 Å². The fourth-order valence-electron chi connectivity index (χ4n) is 11.5. The van der Waals surface area contributed by atoms with Crippen molar-refractivity contribution in [3.8, 4) is 0 Å². The van der Waals surface area contributed by atoms with E-state index in [4.69, 9.17) is 31.2 Å². The summed E-state index contributed by atoms with van der Waals surface area (Å²) < 4.78 is 59.6. The maximum atomic E-state index is 12.5. The Hall–Kier alpha value is -0.520. The molecule has 0 bridgehead atoms. The van der Waals surface area contributed by atoms with Crippen molar-refractivity contribution < 1.29 is 37.2 Å². The molecule has 0 spiro atoms. The summed E-state index contributed by atoms with van der Waals surface area (Å²) in [7, 11) is 0. The van der Waals surface area contributed by atoms with Crippen LogP contribution in [-0.4, -0.2) is 72.8 Å². The first-order valence-corrected chi connectivity index (χ1v) is 41.7. The molecule has 6 N–H and O–H groups in total. The van der Waals surface area contributed by atoms with Crippen molar-refractivity contribution in [3.05, 3.63) is 0 Å². The number of nitrogens with two attached hydrogens (primary N) is 2. The van der Waals surface area contributed by atoms with E-state index in [1.165, 1.54) is 193 Å². The van der Waals surface area contributed by atoms with Gasteiger partial charge in [-0.2, -0.15) is 0 Å². The number of rotatable bonds is 0. The highest BCUT2D eigenvalue weighted by atomic mass is 19.3. The first kappa shape index (κ1) is 114. The van der Waals surface area contributed by atoms with Gasteiger partial charge in [0.1, 0.15) is 0 Å². The van der Waals surface area contributed by atoms with Crippen LogP contribution in [0.4, 0.5) is 17.6 Å². The van der Waals surface area contributed by atoms with Crippen molar-refractivity contribution >= 4 is 0 Å². The number of hydrogen-bond acceptors (Lipinski definition) is 6. The molecule has 0 aromatic rings. The fourth-order valence-corrected chi connectivity index (χ4v) is 11.5. The molecule has 10 heteroatoms. The lowest BCUT2D eigenvalue weighted by Gasteiger charge is -2.25. The van der Waals surface area contributed by atoms with Gasteiger partial charge in [-0.1, -0.05) is 321 Å². The van der Waals surface area contributed by atoms with Gasteiger partial charge in [0.05, 0.1) is 12.2 Å². The Morgan fingerprint density at radius 2 is 0.570 bits per heavy atom. The molecular weight excluding hydrogens is 1160 g/mol. The van der Waals surface area contributed by atoms with E-state index in [0.717, 1.165) is 88.6 Å². The highest BCUT2D eigenvalue weighted by Gasteiger charge is 2.34. The first-order valence-electron chi connectivity index (χ1n) is 41.7. The summed E-state index contributed by atoms with van der Waals surface area (Å²) in [5.41, 5.74) is 11.4. The average molecular weight is 1350 g/mol. The van der Waals surface area contributed by atoms with E-state index in [0.29, 0.717) is 31.3 Å². The molecule has 93 heavy (non-hydrogen) atoms. The summed E-state index contributed by atoms with van der Waals surface area (Å²) in [6.07, 6.45) is 50.0. The minimum absolute atomic E-state index is 0.0127. The lowest BCUT2D eigenvalue weighted by molar-refractivity contribution is -0.0494. The zero-order valence-electron chi connectivity index (χ0n) is 68.8. The number of aliphatic hydroxyl groups excluding tert-OH is 2. The van der Waals surface area contributed by atoms with Crippen LogP contribution in [0.15, 0.2) is 0 Å². The van der Waals surface area contributed by atoms with E-state index < -0.39 is 11.8 Å². The molecule has 6 atom stereocenters. The maximum Gasteiger partial charge on any atom is 0.248 e. The number of aliphatic hydroxyl groups is 2. The molecule has 6 nitrogen and oxygen atoms in total. The average Bonchev–Trinajstić information content (AvgIpc) is 1.91. The smallest absolute Gasteiger partial charge is 0.248 e. The number of hydrogen-bond donors (Lipinski definition) is 4. The quantitative estimate of drug-likeness (QED) is 0.180. The van der Waals surface area contributed by atoms with Gasteiger partial charge in [-0.3, -0.25) is 0 Å². The largest absolute Gasteiger partial charge is 0.393 e. The molecule has 578 valence electrons. The van der Waals surface area contributed by atoms with Crippen molar-refractivity contribution in [2.45, 2.75) is 485 Å². The Labute approximate surface area is 587 Å². The van der Waals surface area contributed by atoms with E-state index in [1.807, 2.05) is 145 Å². The lowest BCUT2D eigenvalue weighted by atomic mass is 9.88. The highest BCUT2D eigenvalue weighted by molar-refractivity contribution is 4.76. The van der Waals surface area contributed by atoms with Gasteiger partial charge >= 0.3 is 0 Å². The van der Waals surface area contributed by atoms with Crippen LogP contribution in [0.3, 0.4) is 0 Å². The van der Waals surface area contributed by atoms with Crippen molar-refractivity contribution in [1.82, 2.24) is 0 Å². The molecule has 0 amide bonds. The van der Waals surface area contributed by atoms with E-state index in [9.17, 15) is 17.6 Å². The number of ether oxygens (including phenoxy) is 2. The van der Waals surface area contributed by atoms with Gasteiger partial charge in [-0.15, -0.1) is 0 Å². The normalized spacial score (nSPS) is 24.5. The van der Waals surface area contributed by atoms with Crippen LogP contribution in [0.2, 0.25) is 0 Å². The fraction of sp³-hybridized carbons (Fsp3) is 1.00. The Bertz CT molecular complexity index is 1010. The van der Waals surface area contributed by atoms with Crippen LogP contribution in [-0.2, 0) is 9.47 Å². The summed E-state index contributed by atoms with van der Waals surface area (Å²) in [5, 5.41) is 18.0. The zero-order chi connectivity index (χ0) is 73.8. The Morgan fingerprint density at radius 3 is 0.763 bits per heavy atom. The third kappa shape index (κ3) is 100. The third-order valence-electron chi connectivity index (χ3n) is 16.4. The predicted octanol–water partition coefficient (Wildman–Crippen LogP) is 28.9. The molecule has 2 saturated heterocycles. The molecule has 0 radical (unpaired) electrons. The van der Waals surface area contributed by atoms with Gasteiger partial charge < -0.3 is 31.2 Å². The molecule has 8 aliphatic carbocycles. The third-order valence-corrected chi connectivity index (χ3v) is 16.4. The molecule has 8 saturated carbocycles. The highest BCUT2D eigenvalue weighted by Crippen LogP contribution is 2.36.